The van der Waals surface area contributed by atoms with Crippen LogP contribution in [0.3, 0.4) is 0 Å². The molecule has 35 heavy (non-hydrogen) atoms. The number of benzene rings is 2. The molecular formula is C23H23F5N2O4S. The van der Waals surface area contributed by atoms with Crippen LogP contribution in [0.25, 0.3) is 11.1 Å². The molecule has 2 aromatic carbocycles. The summed E-state index contributed by atoms with van der Waals surface area (Å²) in [5.74, 6) is -7.06. The van der Waals surface area contributed by atoms with Gasteiger partial charge in [0.1, 0.15) is 29.6 Å². The fourth-order valence-corrected chi connectivity index (χ4v) is 5.39. The summed E-state index contributed by atoms with van der Waals surface area (Å²) >= 11 is 0. The van der Waals surface area contributed by atoms with Crippen molar-refractivity contribution in [2.45, 2.75) is 43.4 Å². The number of amides is 1. The fourth-order valence-electron chi connectivity index (χ4n) is 4.60. The first kappa shape index (κ1) is 25.5. The number of likely N-dealkylation sites (tertiary alicyclic amines) is 1. The van der Waals surface area contributed by atoms with Gasteiger partial charge < -0.3 is 9.64 Å². The highest BCUT2D eigenvalue weighted by molar-refractivity contribution is 7.88. The van der Waals surface area contributed by atoms with Gasteiger partial charge in [0.2, 0.25) is 10.0 Å². The van der Waals surface area contributed by atoms with Gasteiger partial charge in [0.05, 0.1) is 18.8 Å². The second-order valence-corrected chi connectivity index (χ2v) is 10.6. The number of hydrogen-bond donors (Lipinski definition) is 1. The van der Waals surface area contributed by atoms with E-state index in [0.717, 1.165) is 23.1 Å². The van der Waals surface area contributed by atoms with E-state index in [0.29, 0.717) is 19.1 Å². The highest BCUT2D eigenvalue weighted by Crippen LogP contribution is 2.37. The molecule has 2 heterocycles. The normalized spacial score (nSPS) is 24.2. The molecule has 2 aliphatic heterocycles. The van der Waals surface area contributed by atoms with E-state index in [4.69, 9.17) is 4.74 Å². The summed E-state index contributed by atoms with van der Waals surface area (Å²) in [6.45, 7) is -0.796. The van der Waals surface area contributed by atoms with Crippen molar-refractivity contribution in [3.8, 4) is 11.1 Å². The zero-order valence-electron chi connectivity index (χ0n) is 18.6. The molecule has 2 aliphatic rings. The molecule has 2 aromatic rings. The Morgan fingerprint density at radius 3 is 2.57 bits per heavy atom. The van der Waals surface area contributed by atoms with E-state index in [-0.39, 0.29) is 23.3 Å². The maximum Gasteiger partial charge on any atom is 0.283 e. The molecule has 1 amide bonds. The number of carbonyl (C=O) groups is 1. The Morgan fingerprint density at radius 1 is 1.17 bits per heavy atom. The van der Waals surface area contributed by atoms with Gasteiger partial charge in [-0.1, -0.05) is 18.2 Å². The van der Waals surface area contributed by atoms with Crippen LogP contribution in [-0.4, -0.2) is 62.7 Å². The highest BCUT2D eigenvalue weighted by Gasteiger charge is 2.57. The number of ether oxygens (including phenoxy) is 1. The maximum absolute atomic E-state index is 15.5. The smallest absolute Gasteiger partial charge is 0.283 e. The summed E-state index contributed by atoms with van der Waals surface area (Å²) in [6.07, 6.45) is 0.131. The lowest BCUT2D eigenvalue weighted by atomic mass is 9.95. The van der Waals surface area contributed by atoms with E-state index in [9.17, 15) is 30.8 Å². The lowest BCUT2D eigenvalue weighted by molar-refractivity contribution is -0.143. The monoisotopic (exact) mass is 518 g/mol. The first-order chi connectivity index (χ1) is 16.4. The second-order valence-electron chi connectivity index (χ2n) is 8.77. The van der Waals surface area contributed by atoms with Crippen molar-refractivity contribution in [2.24, 2.45) is 0 Å². The van der Waals surface area contributed by atoms with Crippen LogP contribution in [0.2, 0.25) is 0 Å². The third kappa shape index (κ3) is 5.34. The van der Waals surface area contributed by atoms with E-state index < -0.39 is 70.5 Å². The average molecular weight is 519 g/mol. The number of rotatable bonds is 6. The summed E-state index contributed by atoms with van der Waals surface area (Å²) in [5.41, 5.74) is -0.826. The third-order valence-electron chi connectivity index (χ3n) is 6.18. The summed E-state index contributed by atoms with van der Waals surface area (Å²) in [7, 11) is -4.13. The number of nitrogens with zero attached hydrogens (tertiary/aromatic N) is 1. The Hall–Kier alpha value is -2.57. The highest BCUT2D eigenvalue weighted by atomic mass is 32.2. The maximum atomic E-state index is 15.5. The summed E-state index contributed by atoms with van der Waals surface area (Å²) in [4.78, 5) is 13.8. The lowest BCUT2D eigenvalue weighted by Crippen LogP contribution is -2.53. The summed E-state index contributed by atoms with van der Waals surface area (Å²) in [5, 5.41) is 0. The van der Waals surface area contributed by atoms with Crippen molar-refractivity contribution < 1.29 is 39.9 Å². The number of hydrogen-bond acceptors (Lipinski definition) is 4. The first-order valence-corrected chi connectivity index (χ1v) is 12.8. The second kappa shape index (κ2) is 9.47. The minimum Gasteiger partial charge on any atom is -0.368 e. The molecular weight excluding hydrogens is 495 g/mol. The van der Waals surface area contributed by atoms with Crippen molar-refractivity contribution in [3.05, 3.63) is 59.4 Å². The number of carbonyl (C=O) groups excluding carboxylic acids is 1. The lowest BCUT2D eigenvalue weighted by Gasteiger charge is -2.29. The number of halogens is 5. The molecule has 0 unspecified atom stereocenters. The van der Waals surface area contributed by atoms with Gasteiger partial charge in [-0.25, -0.2) is 35.1 Å². The SMILES string of the molecule is CS(=O)(=O)N[C@@H]1[C@H](Cc2cccc(-c3cc(F)ccc3F)c2F)N(C(=O)[C@H]2CCCO2)CC1(F)F. The van der Waals surface area contributed by atoms with Gasteiger partial charge in [-0.15, -0.1) is 0 Å². The predicted octanol–water partition coefficient (Wildman–Crippen LogP) is 3.26. The molecule has 1 N–H and O–H groups in total. The molecule has 190 valence electrons. The summed E-state index contributed by atoms with van der Waals surface area (Å²) < 4.78 is 104. The quantitative estimate of drug-likeness (QED) is 0.596. The zero-order valence-corrected chi connectivity index (χ0v) is 19.4. The van der Waals surface area contributed by atoms with Crippen molar-refractivity contribution in [1.29, 1.82) is 0 Å². The minimum atomic E-state index is -4.13. The molecule has 0 saturated carbocycles. The largest absolute Gasteiger partial charge is 0.368 e. The topological polar surface area (TPSA) is 75.7 Å². The van der Waals surface area contributed by atoms with Gasteiger partial charge in [-0.05, 0) is 43.0 Å². The van der Waals surface area contributed by atoms with Crippen LogP contribution >= 0.6 is 0 Å². The Balaban J connectivity index is 1.74. The molecule has 12 heteroatoms. The Morgan fingerprint density at radius 2 is 1.91 bits per heavy atom. The van der Waals surface area contributed by atoms with Crippen LogP contribution in [0.1, 0.15) is 18.4 Å². The molecule has 4 rings (SSSR count). The van der Waals surface area contributed by atoms with Gasteiger partial charge in [0.15, 0.2) is 0 Å². The van der Waals surface area contributed by atoms with Crippen LogP contribution in [0.15, 0.2) is 36.4 Å². The van der Waals surface area contributed by atoms with Crippen LogP contribution in [0.4, 0.5) is 22.0 Å². The summed E-state index contributed by atoms with van der Waals surface area (Å²) in [6, 6.07) is 2.84. The van der Waals surface area contributed by atoms with Crippen molar-refractivity contribution in [1.82, 2.24) is 9.62 Å². The molecule has 0 spiro atoms. The molecule has 0 bridgehead atoms. The van der Waals surface area contributed by atoms with Gasteiger partial charge in [0, 0.05) is 17.7 Å². The van der Waals surface area contributed by atoms with Crippen LogP contribution in [0, 0.1) is 17.5 Å². The third-order valence-corrected chi connectivity index (χ3v) is 6.86. The Labute approximate surface area is 199 Å². The predicted molar refractivity (Wildman–Crippen MR) is 117 cm³/mol. The van der Waals surface area contributed by atoms with Gasteiger partial charge in [-0.3, -0.25) is 4.79 Å². The van der Waals surface area contributed by atoms with Crippen molar-refractivity contribution in [3.63, 3.8) is 0 Å². The standard InChI is InChI=1S/C23H23F5N2O4S/c1-35(32,33)29-21-18(30(12-23(21,27)28)22(31)19-6-3-9-34-19)10-13-4-2-5-15(20(13)26)16-11-14(24)7-8-17(16)25/h2,4-5,7-8,11,18-19,21,29H,3,6,9-10,12H2,1H3/t18-,19+,21+/m0/s1. The van der Waals surface area contributed by atoms with Crippen LogP contribution < -0.4 is 4.72 Å². The molecule has 0 aromatic heterocycles. The van der Waals surface area contributed by atoms with E-state index in [1.807, 2.05) is 4.72 Å². The van der Waals surface area contributed by atoms with Crippen LogP contribution in [0.5, 0.6) is 0 Å². The zero-order chi connectivity index (χ0) is 25.5. The average Bonchev–Trinajstić information content (AvgIpc) is 3.38. The minimum absolute atomic E-state index is 0.167. The molecule has 2 saturated heterocycles. The Bertz CT molecular complexity index is 1230. The number of sulfonamides is 1. The molecule has 6 nitrogen and oxygen atoms in total. The van der Waals surface area contributed by atoms with Gasteiger partial charge >= 0.3 is 0 Å². The van der Waals surface area contributed by atoms with Crippen molar-refractivity contribution >= 4 is 15.9 Å². The van der Waals surface area contributed by atoms with Crippen molar-refractivity contribution in [2.75, 3.05) is 19.4 Å². The fraction of sp³-hybridized carbons (Fsp3) is 0.435. The Kier molecular flexibility index (Phi) is 6.91. The first-order valence-electron chi connectivity index (χ1n) is 10.9. The van der Waals surface area contributed by atoms with E-state index >= 15 is 4.39 Å². The van der Waals surface area contributed by atoms with E-state index in [2.05, 4.69) is 0 Å². The number of alkyl halides is 2. The molecule has 3 atom stereocenters. The van der Waals surface area contributed by atoms with E-state index in [1.165, 1.54) is 18.2 Å². The molecule has 0 aliphatic carbocycles. The molecule has 0 radical (unpaired) electrons. The van der Waals surface area contributed by atoms with Gasteiger partial charge in [0.25, 0.3) is 11.8 Å². The van der Waals surface area contributed by atoms with Gasteiger partial charge in [-0.2, -0.15) is 0 Å². The number of nitrogens with one attached hydrogen (secondary N) is 1. The van der Waals surface area contributed by atoms with Crippen LogP contribution in [-0.2, 0) is 26.0 Å². The van der Waals surface area contributed by atoms with E-state index in [1.54, 1.807) is 0 Å². The molecule has 2 fully saturated rings.